The maximum absolute atomic E-state index is 9.45. The highest BCUT2D eigenvalue weighted by molar-refractivity contribution is 5.94. The van der Waals surface area contributed by atoms with Crippen LogP contribution in [0.25, 0.3) is 22.3 Å². The van der Waals surface area contributed by atoms with Crippen LogP contribution in [0.15, 0.2) is 30.6 Å². The average Bonchev–Trinajstić information content (AvgIpc) is 3.45. The minimum Gasteiger partial charge on any atom is -0.485 e. The molecule has 0 saturated heterocycles. The number of aromatic nitrogens is 5. The molecule has 3 N–H and O–H groups in total. The van der Waals surface area contributed by atoms with E-state index in [1.165, 1.54) is 0 Å². The lowest BCUT2D eigenvalue weighted by molar-refractivity contribution is 0.173. The molecule has 0 fully saturated rings. The summed E-state index contributed by atoms with van der Waals surface area (Å²) in [6.45, 7) is 1.91. The van der Waals surface area contributed by atoms with Gasteiger partial charge in [0.25, 0.3) is 0 Å². The van der Waals surface area contributed by atoms with Crippen LogP contribution in [0.4, 0.5) is 17.5 Å². The number of benzene rings is 1. The Morgan fingerprint density at radius 2 is 2.06 bits per heavy atom. The van der Waals surface area contributed by atoms with Crippen molar-refractivity contribution < 1.29 is 14.2 Å². The van der Waals surface area contributed by atoms with Gasteiger partial charge in [-0.3, -0.25) is 4.68 Å². The zero-order valence-electron chi connectivity index (χ0n) is 18.2. The van der Waals surface area contributed by atoms with E-state index < -0.39 is 0 Å². The Kier molecular flexibility index (Phi) is 5.42. The molecule has 4 aromatic rings. The Bertz CT molecular complexity index is 1350. The van der Waals surface area contributed by atoms with E-state index >= 15 is 0 Å². The maximum atomic E-state index is 9.45. The van der Waals surface area contributed by atoms with Crippen molar-refractivity contribution in [3.05, 3.63) is 36.2 Å². The Balaban J connectivity index is 1.55. The lowest BCUT2D eigenvalue weighted by atomic mass is 10.1. The summed E-state index contributed by atoms with van der Waals surface area (Å²) in [7, 11) is 3.51. The van der Waals surface area contributed by atoms with Gasteiger partial charge in [0.15, 0.2) is 11.5 Å². The molecular formula is C22H22N8O3. The summed E-state index contributed by atoms with van der Waals surface area (Å²) in [6.07, 6.45) is 3.36. The summed E-state index contributed by atoms with van der Waals surface area (Å²) in [5.41, 5.74) is 3.48. The standard InChI is InChI=1S/C22H22N8O3/c1-30-16(5-6-26-30)14-3-4-15(19-18(14)32-9-10-33-19)27-22-28-20(24-7-8-31-2)17-13(11-23)12-25-21(17)29-22/h3-6,12H,7-10H2,1-2H3,(H3,24,25,27,28,29). The molecule has 0 bridgehead atoms. The number of methoxy groups -OCH3 is 1. The zero-order valence-corrected chi connectivity index (χ0v) is 18.2. The minimum absolute atomic E-state index is 0.346. The molecule has 4 heterocycles. The molecule has 0 amide bonds. The molecule has 168 valence electrons. The number of nitrogens with zero attached hydrogens (tertiary/aromatic N) is 5. The van der Waals surface area contributed by atoms with Crippen LogP contribution in [-0.4, -0.2) is 58.2 Å². The van der Waals surface area contributed by atoms with Gasteiger partial charge in [0.05, 0.1) is 28.9 Å². The van der Waals surface area contributed by atoms with Crippen LogP contribution < -0.4 is 20.1 Å². The van der Waals surface area contributed by atoms with Gasteiger partial charge in [-0.2, -0.15) is 20.3 Å². The highest BCUT2D eigenvalue weighted by atomic mass is 16.6. The minimum atomic E-state index is 0.346. The molecule has 5 rings (SSSR count). The van der Waals surface area contributed by atoms with Crippen LogP contribution in [0.5, 0.6) is 11.5 Å². The smallest absolute Gasteiger partial charge is 0.231 e. The molecule has 33 heavy (non-hydrogen) atoms. The number of nitriles is 1. The largest absolute Gasteiger partial charge is 0.485 e. The molecular weight excluding hydrogens is 424 g/mol. The molecule has 1 aliphatic rings. The number of anilines is 3. The Hall–Kier alpha value is -4.30. The van der Waals surface area contributed by atoms with E-state index in [0.717, 1.165) is 11.3 Å². The molecule has 0 aliphatic carbocycles. The van der Waals surface area contributed by atoms with Crippen LogP contribution in [-0.2, 0) is 11.8 Å². The van der Waals surface area contributed by atoms with Gasteiger partial charge in [-0.15, -0.1) is 0 Å². The third kappa shape index (κ3) is 3.77. The first-order valence-electron chi connectivity index (χ1n) is 10.4. The molecule has 11 nitrogen and oxygen atoms in total. The second kappa shape index (κ2) is 8.68. The number of aromatic amines is 1. The molecule has 0 radical (unpaired) electrons. The summed E-state index contributed by atoms with van der Waals surface area (Å²) in [4.78, 5) is 12.2. The number of H-pyrrole nitrogens is 1. The fourth-order valence-electron chi connectivity index (χ4n) is 3.77. The van der Waals surface area contributed by atoms with E-state index in [1.807, 2.05) is 25.2 Å². The Morgan fingerprint density at radius 3 is 2.82 bits per heavy atom. The average molecular weight is 446 g/mol. The van der Waals surface area contributed by atoms with E-state index in [4.69, 9.17) is 14.2 Å². The van der Waals surface area contributed by atoms with Crippen molar-refractivity contribution in [3.8, 4) is 28.8 Å². The van der Waals surface area contributed by atoms with Crippen molar-refractivity contribution in [3.63, 3.8) is 0 Å². The number of hydrogen-bond donors (Lipinski definition) is 3. The highest BCUT2D eigenvalue weighted by Crippen LogP contribution is 2.45. The molecule has 3 aromatic heterocycles. The lowest BCUT2D eigenvalue weighted by Gasteiger charge is -2.24. The fraction of sp³-hybridized carbons (Fsp3) is 0.273. The van der Waals surface area contributed by atoms with Crippen LogP contribution >= 0.6 is 0 Å². The van der Waals surface area contributed by atoms with Crippen LogP contribution in [0.1, 0.15) is 5.56 Å². The Morgan fingerprint density at radius 1 is 1.21 bits per heavy atom. The van der Waals surface area contributed by atoms with Gasteiger partial charge >= 0.3 is 0 Å². The molecule has 0 unspecified atom stereocenters. The van der Waals surface area contributed by atoms with Gasteiger partial charge in [0.2, 0.25) is 5.95 Å². The topological polar surface area (TPSA) is 135 Å². The third-order valence-electron chi connectivity index (χ3n) is 5.28. The molecule has 11 heteroatoms. The highest BCUT2D eigenvalue weighted by Gasteiger charge is 2.23. The monoisotopic (exact) mass is 446 g/mol. The maximum Gasteiger partial charge on any atom is 0.231 e. The number of fused-ring (bicyclic) bond motifs is 2. The van der Waals surface area contributed by atoms with Crippen LogP contribution in [0.2, 0.25) is 0 Å². The SMILES string of the molecule is COCCNc1nc(Nc2ccc(-c3ccnn3C)c3c2OCCO3)nc2[nH]cc(C#N)c12. The summed E-state index contributed by atoms with van der Waals surface area (Å²) in [5, 5.41) is 20.8. The predicted octanol–water partition coefficient (Wildman–Crippen LogP) is 2.80. The number of aryl methyl sites for hydroxylation is 1. The summed E-state index contributed by atoms with van der Waals surface area (Å²) >= 11 is 0. The quantitative estimate of drug-likeness (QED) is 0.366. The molecule has 0 atom stereocenters. The summed E-state index contributed by atoms with van der Waals surface area (Å²) in [5.74, 6) is 2.11. The third-order valence-corrected chi connectivity index (χ3v) is 5.28. The van der Waals surface area contributed by atoms with E-state index in [0.29, 0.717) is 71.9 Å². The predicted molar refractivity (Wildman–Crippen MR) is 122 cm³/mol. The summed E-state index contributed by atoms with van der Waals surface area (Å²) in [6, 6.07) is 7.94. The Labute approximate surface area is 189 Å². The van der Waals surface area contributed by atoms with E-state index in [-0.39, 0.29) is 0 Å². The number of nitrogens with one attached hydrogen (secondary N) is 3. The normalized spacial score (nSPS) is 12.5. The summed E-state index contributed by atoms with van der Waals surface area (Å²) < 4.78 is 18.8. The van der Waals surface area contributed by atoms with E-state index in [1.54, 1.807) is 24.2 Å². The van der Waals surface area contributed by atoms with Gasteiger partial charge in [-0.25, -0.2) is 0 Å². The second-order valence-corrected chi connectivity index (χ2v) is 7.33. The number of ether oxygens (including phenoxy) is 3. The van der Waals surface area contributed by atoms with Crippen molar-refractivity contribution in [2.75, 3.05) is 44.1 Å². The number of rotatable bonds is 7. The van der Waals surface area contributed by atoms with Gasteiger partial charge in [-0.05, 0) is 18.2 Å². The van der Waals surface area contributed by atoms with Crippen molar-refractivity contribution in [2.45, 2.75) is 0 Å². The van der Waals surface area contributed by atoms with Crippen LogP contribution in [0, 0.1) is 11.3 Å². The van der Waals surface area contributed by atoms with Gasteiger partial charge in [0, 0.05) is 38.7 Å². The second-order valence-electron chi connectivity index (χ2n) is 7.33. The molecule has 1 aromatic carbocycles. The van der Waals surface area contributed by atoms with Crippen molar-refractivity contribution in [1.29, 1.82) is 5.26 Å². The zero-order chi connectivity index (χ0) is 22.8. The van der Waals surface area contributed by atoms with Crippen molar-refractivity contribution >= 4 is 28.5 Å². The lowest BCUT2D eigenvalue weighted by Crippen LogP contribution is -2.17. The first kappa shape index (κ1) is 20.6. The van der Waals surface area contributed by atoms with Gasteiger partial charge in [-0.1, -0.05) is 0 Å². The van der Waals surface area contributed by atoms with Crippen LogP contribution in [0.3, 0.4) is 0 Å². The molecule has 0 saturated carbocycles. The van der Waals surface area contributed by atoms with Gasteiger partial charge < -0.3 is 29.8 Å². The first-order valence-corrected chi connectivity index (χ1v) is 10.4. The number of hydrogen-bond acceptors (Lipinski definition) is 9. The molecule has 1 aliphatic heterocycles. The first-order chi connectivity index (χ1) is 16.2. The van der Waals surface area contributed by atoms with Crippen molar-refractivity contribution in [1.82, 2.24) is 24.7 Å². The van der Waals surface area contributed by atoms with Gasteiger partial charge in [0.1, 0.15) is 30.7 Å². The van der Waals surface area contributed by atoms with E-state index in [2.05, 4.69) is 36.8 Å². The van der Waals surface area contributed by atoms with Crippen molar-refractivity contribution in [2.24, 2.45) is 7.05 Å². The molecule has 0 spiro atoms. The fourth-order valence-corrected chi connectivity index (χ4v) is 3.77. The van der Waals surface area contributed by atoms with E-state index in [9.17, 15) is 5.26 Å².